The number of aryl methyl sites for hydroxylation is 2. The van der Waals surface area contributed by atoms with Crippen LogP contribution in [0.3, 0.4) is 0 Å². The maximum absolute atomic E-state index is 5.99. The minimum absolute atomic E-state index is 0.687. The molecule has 0 bridgehead atoms. The van der Waals surface area contributed by atoms with Crippen molar-refractivity contribution in [3.63, 3.8) is 0 Å². The first kappa shape index (κ1) is 12.5. The van der Waals surface area contributed by atoms with Crippen molar-refractivity contribution in [3.05, 3.63) is 47.8 Å². The molecule has 0 saturated heterocycles. The fourth-order valence-corrected chi connectivity index (χ4v) is 2.39. The number of nitrogens with zero attached hydrogens (tertiary/aromatic N) is 2. The zero-order valence-electron chi connectivity index (χ0n) is 11.8. The van der Waals surface area contributed by atoms with Crippen LogP contribution in [0.1, 0.15) is 11.3 Å². The van der Waals surface area contributed by atoms with Crippen LogP contribution < -0.4 is 10.5 Å². The summed E-state index contributed by atoms with van der Waals surface area (Å²) >= 11 is 0. The zero-order valence-corrected chi connectivity index (χ0v) is 11.8. The topological polar surface area (TPSA) is 52.5 Å². The van der Waals surface area contributed by atoms with Crippen molar-refractivity contribution in [2.24, 2.45) is 0 Å². The van der Waals surface area contributed by atoms with E-state index in [0.717, 1.165) is 33.9 Å². The van der Waals surface area contributed by atoms with Gasteiger partial charge in [0, 0.05) is 17.5 Å². The van der Waals surface area contributed by atoms with Gasteiger partial charge in [-0.3, -0.25) is 0 Å². The van der Waals surface area contributed by atoms with Crippen LogP contribution in [-0.2, 0) is 0 Å². The molecular weight excluding hydrogens is 250 g/mol. The van der Waals surface area contributed by atoms with E-state index in [0.29, 0.717) is 5.69 Å². The van der Waals surface area contributed by atoms with Crippen molar-refractivity contribution in [1.82, 2.24) is 9.38 Å². The SMILES string of the molecule is COc1ccc(-c2cn3c(C)ccc(N)c3n2)cc1C. The average Bonchev–Trinajstić information content (AvgIpc) is 2.89. The normalized spacial score (nSPS) is 10.9. The maximum Gasteiger partial charge on any atom is 0.160 e. The molecule has 0 radical (unpaired) electrons. The number of hydrogen-bond acceptors (Lipinski definition) is 3. The molecule has 0 amide bonds. The summed E-state index contributed by atoms with van der Waals surface area (Å²) in [5, 5.41) is 0. The number of pyridine rings is 1. The Balaban J connectivity index is 2.17. The van der Waals surface area contributed by atoms with E-state index < -0.39 is 0 Å². The van der Waals surface area contributed by atoms with Gasteiger partial charge in [0.05, 0.1) is 18.5 Å². The van der Waals surface area contributed by atoms with Gasteiger partial charge in [0.15, 0.2) is 5.65 Å². The molecule has 4 heteroatoms. The average molecular weight is 267 g/mol. The van der Waals surface area contributed by atoms with Crippen LogP contribution in [0.4, 0.5) is 5.69 Å². The van der Waals surface area contributed by atoms with Crippen LogP contribution in [-0.4, -0.2) is 16.5 Å². The highest BCUT2D eigenvalue weighted by molar-refractivity contribution is 5.72. The van der Waals surface area contributed by atoms with Crippen molar-refractivity contribution in [2.75, 3.05) is 12.8 Å². The monoisotopic (exact) mass is 267 g/mol. The van der Waals surface area contributed by atoms with Gasteiger partial charge in [-0.1, -0.05) is 0 Å². The van der Waals surface area contributed by atoms with Crippen LogP contribution in [0.25, 0.3) is 16.9 Å². The van der Waals surface area contributed by atoms with Crippen molar-refractivity contribution >= 4 is 11.3 Å². The van der Waals surface area contributed by atoms with Crippen molar-refractivity contribution < 1.29 is 4.74 Å². The zero-order chi connectivity index (χ0) is 14.3. The van der Waals surface area contributed by atoms with Gasteiger partial charge in [0.2, 0.25) is 0 Å². The highest BCUT2D eigenvalue weighted by Gasteiger charge is 2.09. The smallest absolute Gasteiger partial charge is 0.160 e. The van der Waals surface area contributed by atoms with Crippen molar-refractivity contribution in [1.29, 1.82) is 0 Å². The summed E-state index contributed by atoms with van der Waals surface area (Å²) < 4.78 is 7.31. The van der Waals surface area contributed by atoms with Crippen molar-refractivity contribution in [2.45, 2.75) is 13.8 Å². The second-order valence-electron chi connectivity index (χ2n) is 4.93. The molecule has 0 unspecified atom stereocenters. The standard InChI is InChI=1S/C16H17N3O/c1-10-8-12(5-7-15(10)20-3)14-9-19-11(2)4-6-13(17)16(19)18-14/h4-9H,17H2,1-3H3. The molecule has 2 aromatic heterocycles. The fraction of sp³-hybridized carbons (Fsp3) is 0.188. The summed E-state index contributed by atoms with van der Waals surface area (Å²) in [5.41, 5.74) is 11.6. The van der Waals surface area contributed by atoms with E-state index in [1.807, 2.05) is 48.7 Å². The quantitative estimate of drug-likeness (QED) is 0.775. The number of imidazole rings is 1. The highest BCUT2D eigenvalue weighted by atomic mass is 16.5. The van der Waals surface area contributed by atoms with Crippen LogP contribution in [0.2, 0.25) is 0 Å². The molecule has 2 heterocycles. The summed E-state index contributed by atoms with van der Waals surface area (Å²) in [6.07, 6.45) is 2.02. The molecule has 3 aromatic rings. The third-order valence-corrected chi connectivity index (χ3v) is 3.54. The number of benzene rings is 1. The third-order valence-electron chi connectivity index (χ3n) is 3.54. The second kappa shape index (κ2) is 4.56. The first-order valence-electron chi connectivity index (χ1n) is 6.49. The van der Waals surface area contributed by atoms with E-state index in [1.165, 1.54) is 0 Å². The Morgan fingerprint density at radius 1 is 1.15 bits per heavy atom. The molecule has 0 aliphatic rings. The molecule has 102 valence electrons. The lowest BCUT2D eigenvalue weighted by molar-refractivity contribution is 0.412. The van der Waals surface area contributed by atoms with Crippen LogP contribution >= 0.6 is 0 Å². The first-order valence-corrected chi connectivity index (χ1v) is 6.49. The molecular formula is C16H17N3O. The van der Waals surface area contributed by atoms with Gasteiger partial charge in [0.25, 0.3) is 0 Å². The molecule has 20 heavy (non-hydrogen) atoms. The Morgan fingerprint density at radius 3 is 2.60 bits per heavy atom. The van der Waals surface area contributed by atoms with Crippen molar-refractivity contribution in [3.8, 4) is 17.0 Å². The highest BCUT2D eigenvalue weighted by Crippen LogP contribution is 2.27. The molecule has 1 aromatic carbocycles. The van der Waals surface area contributed by atoms with Gasteiger partial charge < -0.3 is 14.9 Å². The predicted octanol–water partition coefficient (Wildman–Crippen LogP) is 3.21. The second-order valence-corrected chi connectivity index (χ2v) is 4.93. The predicted molar refractivity (Wildman–Crippen MR) is 81.1 cm³/mol. The molecule has 0 aliphatic heterocycles. The van der Waals surface area contributed by atoms with Gasteiger partial charge in [-0.2, -0.15) is 0 Å². The molecule has 4 nitrogen and oxygen atoms in total. The Labute approximate surface area is 117 Å². The lowest BCUT2D eigenvalue weighted by atomic mass is 10.1. The Morgan fingerprint density at radius 2 is 1.95 bits per heavy atom. The summed E-state index contributed by atoms with van der Waals surface area (Å²) in [4.78, 5) is 4.64. The number of ether oxygens (including phenoxy) is 1. The number of anilines is 1. The van der Waals surface area contributed by atoms with Crippen LogP contribution in [0.5, 0.6) is 5.75 Å². The molecule has 0 spiro atoms. The number of fused-ring (bicyclic) bond motifs is 1. The van der Waals surface area contributed by atoms with Gasteiger partial charge in [-0.05, 0) is 49.7 Å². The molecule has 0 saturated carbocycles. The summed E-state index contributed by atoms with van der Waals surface area (Å²) in [5.74, 6) is 0.883. The maximum atomic E-state index is 5.99. The molecule has 3 rings (SSSR count). The Kier molecular flexibility index (Phi) is 2.86. The van der Waals surface area contributed by atoms with E-state index >= 15 is 0 Å². The van der Waals surface area contributed by atoms with E-state index in [2.05, 4.69) is 11.1 Å². The fourth-order valence-electron chi connectivity index (χ4n) is 2.39. The number of methoxy groups -OCH3 is 1. The van der Waals surface area contributed by atoms with Gasteiger partial charge in [-0.15, -0.1) is 0 Å². The first-order chi connectivity index (χ1) is 9.60. The molecule has 0 atom stereocenters. The Bertz CT molecular complexity index is 751. The van der Waals surface area contributed by atoms with Crippen LogP contribution in [0, 0.1) is 13.8 Å². The third kappa shape index (κ3) is 1.90. The number of aromatic nitrogens is 2. The summed E-state index contributed by atoms with van der Waals surface area (Å²) in [6, 6.07) is 9.93. The summed E-state index contributed by atoms with van der Waals surface area (Å²) in [7, 11) is 1.68. The van der Waals surface area contributed by atoms with Gasteiger partial charge in [0.1, 0.15) is 5.75 Å². The van der Waals surface area contributed by atoms with E-state index in [1.54, 1.807) is 7.11 Å². The largest absolute Gasteiger partial charge is 0.496 e. The van der Waals surface area contributed by atoms with Gasteiger partial charge in [-0.25, -0.2) is 4.98 Å². The number of nitrogen functional groups attached to an aromatic ring is 1. The van der Waals surface area contributed by atoms with E-state index in [9.17, 15) is 0 Å². The molecule has 2 N–H and O–H groups in total. The lowest BCUT2D eigenvalue weighted by Gasteiger charge is -2.05. The van der Waals surface area contributed by atoms with Crippen LogP contribution in [0.15, 0.2) is 36.5 Å². The van der Waals surface area contributed by atoms with E-state index in [-0.39, 0.29) is 0 Å². The lowest BCUT2D eigenvalue weighted by Crippen LogP contribution is -1.94. The number of rotatable bonds is 2. The van der Waals surface area contributed by atoms with Gasteiger partial charge >= 0.3 is 0 Å². The Hall–Kier alpha value is -2.49. The number of nitrogens with two attached hydrogens (primary N) is 1. The van der Waals surface area contributed by atoms with E-state index in [4.69, 9.17) is 10.5 Å². The molecule has 0 aliphatic carbocycles. The molecule has 0 fully saturated rings. The summed E-state index contributed by atoms with van der Waals surface area (Å²) in [6.45, 7) is 4.06. The minimum atomic E-state index is 0.687. The number of hydrogen-bond donors (Lipinski definition) is 1. The minimum Gasteiger partial charge on any atom is -0.496 e.